The molecule has 0 aliphatic heterocycles. The van der Waals surface area contributed by atoms with Gasteiger partial charge in [-0.1, -0.05) is 0 Å². The van der Waals surface area contributed by atoms with Crippen LogP contribution in [-0.2, 0) is 4.79 Å². The third-order valence-electron chi connectivity index (χ3n) is 0. The topological polar surface area (TPSA) is 43.1 Å². The third kappa shape index (κ3) is 16.7. The molecule has 0 aromatic carbocycles. The molecule has 0 bridgehead atoms. The van der Waals surface area contributed by atoms with Crippen LogP contribution in [0.4, 0.5) is 0 Å². The molecule has 21 valence electrons. The fourth-order valence-corrected chi connectivity index (χ4v) is 0. The Balaban J connectivity index is 0. The first kappa shape index (κ1) is 8.82. The summed E-state index contributed by atoms with van der Waals surface area (Å²) in [5.41, 5.74) is 4.17. The van der Waals surface area contributed by atoms with Crippen LogP contribution in [0.3, 0.4) is 0 Å². The molecule has 0 fully saturated rings. The minimum atomic E-state index is 0. The fraction of sp³-hybridized carbons (Fsp3) is 0. The van der Waals surface area contributed by atoms with Gasteiger partial charge in [-0.05, 0) is 0 Å². The van der Waals surface area contributed by atoms with E-state index in [-0.39, 0.29) is 42.0 Å². The van der Waals surface area contributed by atoms with Crippen molar-refractivity contribution in [3.05, 3.63) is 0 Å². The van der Waals surface area contributed by atoms with E-state index in [1.54, 1.807) is 0 Å². The van der Waals surface area contributed by atoms with Gasteiger partial charge in [0.25, 0.3) is 0 Å². The average Bonchev–Trinajstić information content (AvgIpc) is 0.918. The quantitative estimate of drug-likeness (QED) is 0.487. The Bertz CT molecular complexity index is 15.5. The van der Waals surface area contributed by atoms with Crippen molar-refractivity contribution in [2.75, 3.05) is 0 Å². The van der Waals surface area contributed by atoms with Crippen molar-refractivity contribution in [1.82, 2.24) is 0 Å². The first-order valence-electron chi connectivity index (χ1n) is 0.569. The first-order chi connectivity index (χ1) is 1.41. The number of carbonyl (C=O) groups excluding carboxylic acids is 1. The van der Waals surface area contributed by atoms with E-state index in [4.69, 9.17) is 4.79 Å². The number of carbonyl (C=O) groups is 1. The van der Waals surface area contributed by atoms with Crippen LogP contribution in [0.15, 0.2) is 0 Å². The van der Waals surface area contributed by atoms with E-state index in [0.29, 0.717) is 0 Å². The second kappa shape index (κ2) is 9.39. The molecule has 4 heavy (non-hydrogen) atoms. The summed E-state index contributed by atoms with van der Waals surface area (Å²) in [6, 6.07) is 0. The SMILES string of the molecule is NC=O.[La]. The molecule has 0 atom stereocenters. The molecule has 2 nitrogen and oxygen atoms in total. The molecule has 0 rings (SSSR count). The van der Waals surface area contributed by atoms with Crippen molar-refractivity contribution in [3.63, 3.8) is 0 Å². The molecule has 1 amide bonds. The van der Waals surface area contributed by atoms with Crippen molar-refractivity contribution in [1.29, 1.82) is 0 Å². The van der Waals surface area contributed by atoms with E-state index in [2.05, 4.69) is 5.73 Å². The molecule has 0 saturated carbocycles. The van der Waals surface area contributed by atoms with Gasteiger partial charge in [0, 0.05) is 35.6 Å². The zero-order valence-corrected chi connectivity index (χ0v) is 5.77. The first-order valence-corrected chi connectivity index (χ1v) is 0.569. The summed E-state index contributed by atoms with van der Waals surface area (Å²) in [4.78, 5) is 8.58. The van der Waals surface area contributed by atoms with Crippen LogP contribution in [-0.4, -0.2) is 6.41 Å². The Morgan fingerprint density at radius 1 is 1.75 bits per heavy atom. The summed E-state index contributed by atoms with van der Waals surface area (Å²) < 4.78 is 0. The van der Waals surface area contributed by atoms with Crippen LogP contribution in [0.25, 0.3) is 0 Å². The Hall–Kier alpha value is 0.665. The van der Waals surface area contributed by atoms with Gasteiger partial charge < -0.3 is 5.73 Å². The monoisotopic (exact) mass is 184 g/mol. The molecule has 0 aromatic heterocycles. The maximum Gasteiger partial charge on any atom is 0.204 e. The summed E-state index contributed by atoms with van der Waals surface area (Å²) in [5, 5.41) is 0. The second-order valence-corrected chi connectivity index (χ2v) is 0.136. The number of hydrogen-bond donors (Lipinski definition) is 1. The second-order valence-electron chi connectivity index (χ2n) is 0.136. The van der Waals surface area contributed by atoms with Gasteiger partial charge in [0.1, 0.15) is 0 Å². The van der Waals surface area contributed by atoms with Crippen molar-refractivity contribution in [2.24, 2.45) is 5.73 Å². The number of primary amides is 1. The molecule has 3 heteroatoms. The van der Waals surface area contributed by atoms with Crippen LogP contribution in [0.5, 0.6) is 0 Å². The van der Waals surface area contributed by atoms with Crippen LogP contribution >= 0.6 is 0 Å². The van der Waals surface area contributed by atoms with Crippen molar-refractivity contribution in [2.45, 2.75) is 0 Å². The van der Waals surface area contributed by atoms with Crippen LogP contribution < -0.4 is 5.73 Å². The summed E-state index contributed by atoms with van der Waals surface area (Å²) in [7, 11) is 0. The van der Waals surface area contributed by atoms with E-state index in [0.717, 1.165) is 0 Å². The van der Waals surface area contributed by atoms with E-state index >= 15 is 0 Å². The fourth-order valence-electron chi connectivity index (χ4n) is 0. The smallest absolute Gasteiger partial charge is 0.204 e. The van der Waals surface area contributed by atoms with Gasteiger partial charge in [0.2, 0.25) is 6.41 Å². The molecule has 0 heterocycles. The molecule has 0 saturated heterocycles. The Labute approximate surface area is 52.3 Å². The maximum atomic E-state index is 8.58. The summed E-state index contributed by atoms with van der Waals surface area (Å²) >= 11 is 0. The molecule has 0 unspecified atom stereocenters. The Morgan fingerprint density at radius 3 is 1.75 bits per heavy atom. The van der Waals surface area contributed by atoms with E-state index in [9.17, 15) is 0 Å². The zero-order chi connectivity index (χ0) is 2.71. The minimum Gasteiger partial charge on any atom is -0.372 e. The largest absolute Gasteiger partial charge is 0.372 e. The van der Waals surface area contributed by atoms with Gasteiger partial charge in [-0.25, -0.2) is 0 Å². The number of rotatable bonds is 0. The Kier molecular flexibility index (Phi) is 20.7. The van der Waals surface area contributed by atoms with Gasteiger partial charge >= 0.3 is 0 Å². The maximum absolute atomic E-state index is 8.58. The van der Waals surface area contributed by atoms with Gasteiger partial charge in [-0.3, -0.25) is 4.79 Å². The van der Waals surface area contributed by atoms with E-state index in [1.165, 1.54) is 0 Å². The van der Waals surface area contributed by atoms with E-state index < -0.39 is 0 Å². The average molecular weight is 184 g/mol. The summed E-state index contributed by atoms with van der Waals surface area (Å²) in [6.45, 7) is 0. The predicted molar refractivity (Wildman–Crippen MR) is 10.3 cm³/mol. The van der Waals surface area contributed by atoms with Gasteiger partial charge in [0.15, 0.2) is 0 Å². The van der Waals surface area contributed by atoms with Crippen molar-refractivity contribution < 1.29 is 40.4 Å². The summed E-state index contributed by atoms with van der Waals surface area (Å²) in [6.07, 6.45) is 0.250. The van der Waals surface area contributed by atoms with Gasteiger partial charge in [-0.2, -0.15) is 0 Å². The standard InChI is InChI=1S/CH3NO.La/c2-1-3;/h1H,(H2,2,3);. The van der Waals surface area contributed by atoms with E-state index in [1.807, 2.05) is 0 Å². The zero-order valence-electron chi connectivity index (χ0n) is 2.14. The molecule has 0 aliphatic rings. The Morgan fingerprint density at radius 2 is 1.75 bits per heavy atom. The molecule has 2 N–H and O–H groups in total. The number of hydrogen-bond acceptors (Lipinski definition) is 1. The minimum absolute atomic E-state index is 0. The van der Waals surface area contributed by atoms with Crippen LogP contribution in [0, 0.1) is 35.6 Å². The number of nitrogens with two attached hydrogens (primary N) is 1. The van der Waals surface area contributed by atoms with Crippen molar-refractivity contribution >= 4 is 6.41 Å². The molecule has 0 aromatic rings. The van der Waals surface area contributed by atoms with Gasteiger partial charge in [0.05, 0.1) is 0 Å². The molecular weight excluding hydrogens is 181 g/mol. The summed E-state index contributed by atoms with van der Waals surface area (Å²) in [5.74, 6) is 0. The normalized spacial score (nSPS) is 3.00. The van der Waals surface area contributed by atoms with Crippen LogP contribution in [0.1, 0.15) is 0 Å². The third-order valence-corrected chi connectivity index (χ3v) is 0. The molecular formula is CH3LaNO. The van der Waals surface area contributed by atoms with Gasteiger partial charge in [-0.15, -0.1) is 0 Å². The molecule has 0 aliphatic carbocycles. The molecule has 1 radical (unpaired) electrons. The molecule has 0 spiro atoms. The van der Waals surface area contributed by atoms with Crippen molar-refractivity contribution in [3.8, 4) is 0 Å². The predicted octanol–water partition coefficient (Wildman–Crippen LogP) is -0.899. The van der Waals surface area contributed by atoms with Crippen LogP contribution in [0.2, 0.25) is 0 Å². The number of amides is 1.